The summed E-state index contributed by atoms with van der Waals surface area (Å²) in [5.41, 5.74) is 7.96. The first-order chi connectivity index (χ1) is 9.78. The second-order valence-electron chi connectivity index (χ2n) is 5.50. The molecule has 0 aliphatic carbocycles. The van der Waals surface area contributed by atoms with Crippen molar-refractivity contribution in [2.45, 2.75) is 19.9 Å². The number of nitrogen functional groups attached to an aromatic ring is 1. The Balaban J connectivity index is 1.98. The number of carbonyl (C=O) groups excluding carboxylic acids is 1. The molecule has 1 amide bonds. The van der Waals surface area contributed by atoms with Crippen LogP contribution in [-0.4, -0.2) is 49.9 Å². The number of sulfone groups is 1. The average molecular weight is 311 g/mol. The van der Waals surface area contributed by atoms with Gasteiger partial charge in [0.2, 0.25) is 5.91 Å². The van der Waals surface area contributed by atoms with Crippen LogP contribution in [0.25, 0.3) is 0 Å². The summed E-state index contributed by atoms with van der Waals surface area (Å²) in [6.07, 6.45) is 0. The number of rotatable bonds is 3. The topological polar surface area (TPSA) is 92.5 Å². The number of hydrogen-bond acceptors (Lipinski definition) is 5. The molecule has 0 saturated carbocycles. The van der Waals surface area contributed by atoms with Gasteiger partial charge < -0.3 is 11.1 Å². The summed E-state index contributed by atoms with van der Waals surface area (Å²) >= 11 is 0. The highest BCUT2D eigenvalue weighted by atomic mass is 32.2. The molecule has 21 heavy (non-hydrogen) atoms. The van der Waals surface area contributed by atoms with Gasteiger partial charge in [-0.25, -0.2) is 8.42 Å². The fourth-order valence-electron chi connectivity index (χ4n) is 2.43. The summed E-state index contributed by atoms with van der Waals surface area (Å²) in [5.74, 6) is 0.0642. The number of hydrogen-bond donors (Lipinski definition) is 2. The molecule has 116 valence electrons. The van der Waals surface area contributed by atoms with E-state index in [9.17, 15) is 13.2 Å². The maximum absolute atomic E-state index is 12.1. The summed E-state index contributed by atoms with van der Waals surface area (Å²) < 4.78 is 23.0. The Hall–Kier alpha value is -1.60. The zero-order valence-corrected chi connectivity index (χ0v) is 13.1. The number of carbonyl (C=O) groups is 1. The minimum Gasteiger partial charge on any atom is -0.398 e. The van der Waals surface area contributed by atoms with E-state index in [2.05, 4.69) is 5.32 Å². The predicted octanol–water partition coefficient (Wildman–Crippen LogP) is 0.635. The molecule has 0 radical (unpaired) electrons. The SMILES string of the molecule is Cc1c(N)cccc1NC(=O)CN1CCS(=O)(=O)CC1C. The number of anilines is 2. The number of nitrogens with two attached hydrogens (primary N) is 1. The van der Waals surface area contributed by atoms with Crippen molar-refractivity contribution in [1.82, 2.24) is 4.90 Å². The van der Waals surface area contributed by atoms with Gasteiger partial charge in [-0.3, -0.25) is 9.69 Å². The predicted molar refractivity (Wildman–Crippen MR) is 83.9 cm³/mol. The lowest BCUT2D eigenvalue weighted by molar-refractivity contribution is -0.117. The van der Waals surface area contributed by atoms with E-state index >= 15 is 0 Å². The Morgan fingerprint density at radius 2 is 2.19 bits per heavy atom. The molecular formula is C14H21N3O3S. The van der Waals surface area contributed by atoms with Gasteiger partial charge in [0.05, 0.1) is 18.1 Å². The molecule has 6 nitrogen and oxygen atoms in total. The van der Waals surface area contributed by atoms with Crippen LogP contribution >= 0.6 is 0 Å². The zero-order valence-electron chi connectivity index (χ0n) is 12.3. The summed E-state index contributed by atoms with van der Waals surface area (Å²) in [6.45, 7) is 4.26. The smallest absolute Gasteiger partial charge is 0.238 e. The Morgan fingerprint density at radius 3 is 2.86 bits per heavy atom. The zero-order chi connectivity index (χ0) is 15.6. The van der Waals surface area contributed by atoms with Gasteiger partial charge in [0.25, 0.3) is 0 Å². The van der Waals surface area contributed by atoms with Crippen molar-refractivity contribution in [1.29, 1.82) is 0 Å². The molecule has 1 heterocycles. The van der Waals surface area contributed by atoms with Crippen molar-refractivity contribution in [3.63, 3.8) is 0 Å². The third-order valence-corrected chi connectivity index (χ3v) is 5.60. The molecule has 1 atom stereocenters. The van der Waals surface area contributed by atoms with Gasteiger partial charge in [0.15, 0.2) is 9.84 Å². The van der Waals surface area contributed by atoms with Crippen LogP contribution in [0.3, 0.4) is 0 Å². The third-order valence-electron chi connectivity index (χ3n) is 3.80. The molecule has 0 bridgehead atoms. The highest BCUT2D eigenvalue weighted by molar-refractivity contribution is 7.91. The quantitative estimate of drug-likeness (QED) is 0.799. The van der Waals surface area contributed by atoms with Gasteiger partial charge in [-0.05, 0) is 31.5 Å². The van der Waals surface area contributed by atoms with Gasteiger partial charge >= 0.3 is 0 Å². The van der Waals surface area contributed by atoms with E-state index in [0.29, 0.717) is 17.9 Å². The first-order valence-electron chi connectivity index (χ1n) is 6.88. The Morgan fingerprint density at radius 1 is 1.48 bits per heavy atom. The largest absolute Gasteiger partial charge is 0.398 e. The molecule has 7 heteroatoms. The monoisotopic (exact) mass is 311 g/mol. The van der Waals surface area contributed by atoms with E-state index in [0.717, 1.165) is 5.56 Å². The van der Waals surface area contributed by atoms with Gasteiger partial charge in [-0.1, -0.05) is 6.07 Å². The van der Waals surface area contributed by atoms with Crippen molar-refractivity contribution in [2.24, 2.45) is 0 Å². The Bertz CT molecular complexity index is 643. The third kappa shape index (κ3) is 3.95. The first-order valence-corrected chi connectivity index (χ1v) is 8.70. The van der Waals surface area contributed by atoms with E-state index in [1.165, 1.54) is 0 Å². The second kappa shape index (κ2) is 6.03. The summed E-state index contributed by atoms with van der Waals surface area (Å²) in [6, 6.07) is 5.22. The normalized spacial score (nSPS) is 21.9. The van der Waals surface area contributed by atoms with Crippen LogP contribution in [0.15, 0.2) is 18.2 Å². The van der Waals surface area contributed by atoms with Crippen molar-refractivity contribution in [2.75, 3.05) is 35.6 Å². The van der Waals surface area contributed by atoms with E-state index in [1.54, 1.807) is 18.2 Å². The van der Waals surface area contributed by atoms with Crippen molar-refractivity contribution >= 4 is 27.1 Å². The molecule has 1 fully saturated rings. The summed E-state index contributed by atoms with van der Waals surface area (Å²) in [5, 5.41) is 2.83. The summed E-state index contributed by atoms with van der Waals surface area (Å²) in [4.78, 5) is 14.0. The van der Waals surface area contributed by atoms with Crippen LogP contribution in [0, 0.1) is 6.92 Å². The fourth-order valence-corrected chi connectivity index (χ4v) is 4.06. The fraction of sp³-hybridized carbons (Fsp3) is 0.500. The Labute approximate surface area is 125 Å². The first kappa shape index (κ1) is 15.8. The molecule has 0 aromatic heterocycles. The standard InChI is InChI=1S/C14H21N3O3S/c1-10-9-21(19,20)7-6-17(10)8-14(18)16-13-5-3-4-12(15)11(13)2/h3-5,10H,6-9,15H2,1-2H3,(H,16,18). The molecule has 1 aliphatic rings. The molecule has 1 saturated heterocycles. The minimum absolute atomic E-state index is 0.109. The summed E-state index contributed by atoms with van der Waals surface area (Å²) in [7, 11) is -2.96. The van der Waals surface area contributed by atoms with E-state index in [-0.39, 0.29) is 30.0 Å². The molecule has 3 N–H and O–H groups in total. The molecule has 0 spiro atoms. The van der Waals surface area contributed by atoms with Gasteiger partial charge in [0, 0.05) is 24.0 Å². The number of nitrogens with one attached hydrogen (secondary N) is 1. The van der Waals surface area contributed by atoms with Crippen LogP contribution in [-0.2, 0) is 14.6 Å². The highest BCUT2D eigenvalue weighted by Crippen LogP contribution is 2.20. The van der Waals surface area contributed by atoms with Crippen LogP contribution in [0.4, 0.5) is 11.4 Å². The van der Waals surface area contributed by atoms with E-state index in [1.807, 2.05) is 18.7 Å². The molecular weight excluding hydrogens is 290 g/mol. The lowest BCUT2D eigenvalue weighted by atomic mass is 10.1. The van der Waals surface area contributed by atoms with Crippen LogP contribution in [0.5, 0.6) is 0 Å². The van der Waals surface area contributed by atoms with Crippen molar-refractivity contribution < 1.29 is 13.2 Å². The van der Waals surface area contributed by atoms with Crippen LogP contribution in [0.1, 0.15) is 12.5 Å². The van der Waals surface area contributed by atoms with Crippen LogP contribution < -0.4 is 11.1 Å². The molecule has 1 aromatic carbocycles. The molecule has 2 rings (SSSR count). The maximum Gasteiger partial charge on any atom is 0.238 e. The molecule has 1 aliphatic heterocycles. The van der Waals surface area contributed by atoms with Crippen LogP contribution in [0.2, 0.25) is 0 Å². The molecule has 1 unspecified atom stereocenters. The lowest BCUT2D eigenvalue weighted by Crippen LogP contribution is -2.49. The molecule has 1 aromatic rings. The van der Waals surface area contributed by atoms with Crippen molar-refractivity contribution in [3.8, 4) is 0 Å². The van der Waals surface area contributed by atoms with Gasteiger partial charge in [-0.2, -0.15) is 0 Å². The number of benzene rings is 1. The van der Waals surface area contributed by atoms with Gasteiger partial charge in [0.1, 0.15) is 0 Å². The average Bonchev–Trinajstić information content (AvgIpc) is 2.38. The van der Waals surface area contributed by atoms with E-state index in [4.69, 9.17) is 5.73 Å². The lowest BCUT2D eigenvalue weighted by Gasteiger charge is -2.32. The highest BCUT2D eigenvalue weighted by Gasteiger charge is 2.29. The Kier molecular flexibility index (Phi) is 4.53. The van der Waals surface area contributed by atoms with Gasteiger partial charge in [-0.15, -0.1) is 0 Å². The number of amides is 1. The minimum atomic E-state index is -2.96. The second-order valence-corrected chi connectivity index (χ2v) is 7.73. The van der Waals surface area contributed by atoms with E-state index < -0.39 is 9.84 Å². The maximum atomic E-state index is 12.1. The van der Waals surface area contributed by atoms with Crippen molar-refractivity contribution in [3.05, 3.63) is 23.8 Å². The number of nitrogens with zero attached hydrogens (tertiary/aromatic N) is 1.